The first-order valence-electron chi connectivity index (χ1n) is 10.9. The highest BCUT2D eigenvalue weighted by Gasteiger charge is 2.29. The number of nitrogens with zero attached hydrogens (tertiary/aromatic N) is 2. The number of ether oxygens (including phenoxy) is 2. The average Bonchev–Trinajstić information content (AvgIpc) is 2.67. The number of nitrogens with one attached hydrogen (secondary N) is 3. The maximum atomic E-state index is 12.5. The molecular weight excluding hydrogens is 476 g/mol. The van der Waals surface area contributed by atoms with E-state index in [1.54, 1.807) is 54.5 Å². The van der Waals surface area contributed by atoms with E-state index >= 15 is 0 Å². The molecule has 0 unspecified atom stereocenters. The number of nitrogens with two attached hydrogens (primary N) is 1. The van der Waals surface area contributed by atoms with Gasteiger partial charge in [0, 0.05) is 12.1 Å². The molecule has 1 aromatic carbocycles. The number of carbonyl (C=O) groups is 3. The van der Waals surface area contributed by atoms with Gasteiger partial charge in [-0.15, -0.1) is 5.06 Å². The maximum absolute atomic E-state index is 12.5. The van der Waals surface area contributed by atoms with Crippen LogP contribution in [0.2, 0.25) is 0 Å². The molecule has 36 heavy (non-hydrogen) atoms. The zero-order valence-electron chi connectivity index (χ0n) is 21.5. The van der Waals surface area contributed by atoms with E-state index in [0.29, 0.717) is 10.6 Å². The van der Waals surface area contributed by atoms with Crippen LogP contribution in [0, 0.1) is 22.4 Å². The summed E-state index contributed by atoms with van der Waals surface area (Å²) < 4.78 is 10.2. The van der Waals surface area contributed by atoms with E-state index < -0.39 is 40.2 Å². The molecule has 0 heterocycles. The third kappa shape index (κ3) is 10.1. The van der Waals surface area contributed by atoms with Crippen molar-refractivity contribution in [3.8, 4) is 0 Å². The zero-order chi connectivity index (χ0) is 27.8. The van der Waals surface area contributed by atoms with E-state index in [0.717, 1.165) is 0 Å². The monoisotopic (exact) mass is 510 g/mol. The Morgan fingerprint density at radius 2 is 1.69 bits per heavy atom. The standard InChI is InChI=1S/C22H34N6O8/c1-13-8-9-15(23)17(28(32)33)14(13)12-16(29)25-10-11-34-27(20(31)36-22(5,6)7)18(24)26-19(30)35-21(2,3)4/h8-9H,10-12,23H2,1-7H3,(H,25,29)(H2,24,26,30). The Bertz CT molecular complexity index is 1010. The van der Waals surface area contributed by atoms with Crippen LogP contribution in [0.25, 0.3) is 0 Å². The molecule has 5 N–H and O–H groups in total. The fraction of sp³-hybridized carbons (Fsp3) is 0.545. The number of alkyl carbamates (subject to hydrolysis) is 1. The number of rotatable bonds is 7. The second kappa shape index (κ2) is 12.2. The highest BCUT2D eigenvalue weighted by molar-refractivity contribution is 5.98. The molecule has 3 amide bonds. The van der Waals surface area contributed by atoms with Gasteiger partial charge in [-0.25, -0.2) is 9.59 Å². The first-order valence-corrected chi connectivity index (χ1v) is 10.9. The number of hydroxylamine groups is 2. The van der Waals surface area contributed by atoms with Crippen LogP contribution in [0.15, 0.2) is 12.1 Å². The van der Waals surface area contributed by atoms with Gasteiger partial charge in [-0.1, -0.05) is 6.07 Å². The van der Waals surface area contributed by atoms with Crippen molar-refractivity contribution in [1.82, 2.24) is 15.7 Å². The molecule has 14 heteroatoms. The Labute approximate surface area is 209 Å². The van der Waals surface area contributed by atoms with Gasteiger partial charge in [0.15, 0.2) is 0 Å². The molecular formula is C22H34N6O8. The number of carbonyl (C=O) groups excluding carboxylic acids is 3. The normalized spacial score (nSPS) is 11.3. The molecule has 0 aliphatic carbocycles. The predicted molar refractivity (Wildman–Crippen MR) is 130 cm³/mol. The minimum Gasteiger partial charge on any atom is -0.444 e. The highest BCUT2D eigenvalue weighted by atomic mass is 16.7. The molecule has 0 bridgehead atoms. The summed E-state index contributed by atoms with van der Waals surface area (Å²) in [5.41, 5.74) is 4.23. The van der Waals surface area contributed by atoms with Crippen LogP contribution in [0.1, 0.15) is 52.7 Å². The first kappa shape index (κ1) is 30.1. The summed E-state index contributed by atoms with van der Waals surface area (Å²) in [7, 11) is 0. The van der Waals surface area contributed by atoms with Crippen LogP contribution in [-0.4, -0.2) is 58.4 Å². The van der Waals surface area contributed by atoms with Gasteiger partial charge >= 0.3 is 12.2 Å². The van der Waals surface area contributed by atoms with E-state index in [1.165, 1.54) is 6.07 Å². The second-order valence-electron chi connectivity index (χ2n) is 9.67. The van der Waals surface area contributed by atoms with E-state index in [4.69, 9.17) is 25.5 Å². The molecule has 0 fully saturated rings. The lowest BCUT2D eigenvalue weighted by atomic mass is 10.0. The number of nitro benzene ring substituents is 1. The third-order valence-electron chi connectivity index (χ3n) is 4.09. The fourth-order valence-corrected chi connectivity index (χ4v) is 2.71. The molecule has 0 aromatic heterocycles. The summed E-state index contributed by atoms with van der Waals surface area (Å²) in [4.78, 5) is 52.8. The van der Waals surface area contributed by atoms with Gasteiger partial charge in [0.25, 0.3) is 5.69 Å². The van der Waals surface area contributed by atoms with Crippen molar-refractivity contribution in [3.05, 3.63) is 33.4 Å². The molecule has 200 valence electrons. The molecule has 0 saturated heterocycles. The number of hydrogen-bond acceptors (Lipinski definition) is 10. The summed E-state index contributed by atoms with van der Waals surface area (Å²) in [6, 6.07) is 2.98. The highest BCUT2D eigenvalue weighted by Crippen LogP contribution is 2.29. The minimum absolute atomic E-state index is 0.0549. The van der Waals surface area contributed by atoms with Crippen molar-refractivity contribution < 1.29 is 33.6 Å². The van der Waals surface area contributed by atoms with Crippen molar-refractivity contribution in [2.24, 2.45) is 0 Å². The predicted octanol–water partition coefficient (Wildman–Crippen LogP) is 2.77. The number of nitrogen functional groups attached to an aromatic ring is 1. The Hall–Kier alpha value is -3.94. The number of nitro groups is 1. The van der Waals surface area contributed by atoms with Gasteiger partial charge in [0.1, 0.15) is 16.9 Å². The van der Waals surface area contributed by atoms with E-state index in [-0.39, 0.29) is 36.5 Å². The summed E-state index contributed by atoms with van der Waals surface area (Å²) in [6.45, 7) is 10.9. The van der Waals surface area contributed by atoms with Crippen LogP contribution in [0.3, 0.4) is 0 Å². The summed E-state index contributed by atoms with van der Waals surface area (Å²) >= 11 is 0. The van der Waals surface area contributed by atoms with Crippen molar-refractivity contribution in [2.75, 3.05) is 18.9 Å². The molecule has 0 saturated carbocycles. The number of benzene rings is 1. The Kier molecular flexibility index (Phi) is 10.2. The minimum atomic E-state index is -1.08. The average molecular weight is 511 g/mol. The Balaban J connectivity index is 2.81. The van der Waals surface area contributed by atoms with Gasteiger partial charge in [0.2, 0.25) is 11.9 Å². The lowest BCUT2D eigenvalue weighted by molar-refractivity contribution is -0.384. The lowest BCUT2D eigenvalue weighted by Crippen LogP contribution is -2.50. The molecule has 1 rings (SSSR count). The van der Waals surface area contributed by atoms with Crippen LogP contribution in [0.5, 0.6) is 0 Å². The summed E-state index contributed by atoms with van der Waals surface area (Å²) in [6.07, 6.45) is -2.38. The maximum Gasteiger partial charge on any atom is 0.442 e. The van der Waals surface area contributed by atoms with Gasteiger partial charge in [-0.2, -0.15) is 0 Å². The van der Waals surface area contributed by atoms with Gasteiger partial charge < -0.3 is 20.5 Å². The van der Waals surface area contributed by atoms with Crippen LogP contribution < -0.4 is 16.4 Å². The molecule has 0 atom stereocenters. The third-order valence-corrected chi connectivity index (χ3v) is 4.09. The first-order chi connectivity index (χ1) is 16.4. The SMILES string of the molecule is Cc1ccc(N)c([N+](=O)[O-])c1CC(=O)NCCON(C(=N)NC(=O)OC(C)(C)C)C(=O)OC(C)(C)C. The van der Waals surface area contributed by atoms with Crippen molar-refractivity contribution in [2.45, 2.75) is 66.1 Å². The molecule has 0 aliphatic heterocycles. The zero-order valence-corrected chi connectivity index (χ0v) is 21.5. The van der Waals surface area contributed by atoms with E-state index in [2.05, 4.69) is 10.6 Å². The van der Waals surface area contributed by atoms with Gasteiger partial charge in [0.05, 0.1) is 18.0 Å². The number of guanidine groups is 1. The Morgan fingerprint density at radius 3 is 2.22 bits per heavy atom. The van der Waals surface area contributed by atoms with Crippen LogP contribution >= 0.6 is 0 Å². The van der Waals surface area contributed by atoms with E-state index in [9.17, 15) is 24.5 Å². The van der Waals surface area contributed by atoms with E-state index in [1.807, 2.05) is 0 Å². The molecule has 0 spiro atoms. The molecule has 1 aromatic rings. The summed E-state index contributed by atoms with van der Waals surface area (Å²) in [5.74, 6) is -1.32. The number of anilines is 1. The van der Waals surface area contributed by atoms with Crippen molar-refractivity contribution in [1.29, 1.82) is 5.41 Å². The molecule has 0 aliphatic rings. The van der Waals surface area contributed by atoms with Crippen LogP contribution in [-0.2, 0) is 25.5 Å². The molecule has 0 radical (unpaired) electrons. The number of aryl methyl sites for hydroxylation is 1. The smallest absolute Gasteiger partial charge is 0.442 e. The fourth-order valence-electron chi connectivity index (χ4n) is 2.71. The second-order valence-corrected chi connectivity index (χ2v) is 9.67. The topological polar surface area (TPSA) is 199 Å². The quantitative estimate of drug-likeness (QED) is 0.106. The van der Waals surface area contributed by atoms with Crippen molar-refractivity contribution >= 4 is 35.4 Å². The Morgan fingerprint density at radius 1 is 1.11 bits per heavy atom. The largest absolute Gasteiger partial charge is 0.444 e. The molecule has 14 nitrogen and oxygen atoms in total. The van der Waals surface area contributed by atoms with Crippen LogP contribution in [0.4, 0.5) is 21.0 Å². The van der Waals surface area contributed by atoms with Gasteiger partial charge in [-0.3, -0.25) is 30.5 Å². The van der Waals surface area contributed by atoms with Gasteiger partial charge in [-0.05, 0) is 60.1 Å². The lowest BCUT2D eigenvalue weighted by Gasteiger charge is -2.27. The summed E-state index contributed by atoms with van der Waals surface area (Å²) in [5, 5.41) is 24.4. The number of hydrogen-bond donors (Lipinski definition) is 4. The van der Waals surface area contributed by atoms with Crippen molar-refractivity contribution in [3.63, 3.8) is 0 Å². The number of amides is 3.